The van der Waals surface area contributed by atoms with Crippen molar-refractivity contribution in [2.75, 3.05) is 25.0 Å². The van der Waals surface area contributed by atoms with E-state index in [0.29, 0.717) is 35.6 Å². The summed E-state index contributed by atoms with van der Waals surface area (Å²) in [5, 5.41) is 14.4. The summed E-state index contributed by atoms with van der Waals surface area (Å²) < 4.78 is 0. The number of hydrogen-bond donors (Lipinski definition) is 1. The third-order valence-electron chi connectivity index (χ3n) is 7.94. The molecule has 0 bridgehead atoms. The molecule has 204 valence electrons. The molecule has 3 aliphatic heterocycles. The fourth-order valence-corrected chi connectivity index (χ4v) is 5.82. The Morgan fingerprint density at radius 2 is 1.60 bits per heavy atom. The standard InChI is InChI=1S/C31H31N5O4/c37-28-4-3-17-35(28)20-22-5-9-23(10-6-22)30(29-26-18-25(36(39)40)13-14-27(26)33-31(29)38)32-24-11-7-21(8-12-24)19-34-15-1-2-16-34/h5-14,18,29H,1-4,15-17,19-20H2,(H,33,38). The molecule has 3 aliphatic rings. The van der Waals surface area contributed by atoms with Crippen LogP contribution in [0.2, 0.25) is 0 Å². The molecule has 0 aromatic heterocycles. The van der Waals surface area contributed by atoms with E-state index < -0.39 is 10.8 Å². The van der Waals surface area contributed by atoms with Gasteiger partial charge in [0, 0.05) is 49.4 Å². The van der Waals surface area contributed by atoms with Gasteiger partial charge in [0.05, 0.1) is 16.3 Å². The molecule has 3 aromatic rings. The number of likely N-dealkylation sites (tertiary alicyclic amines) is 2. The van der Waals surface area contributed by atoms with E-state index in [1.807, 2.05) is 41.3 Å². The Morgan fingerprint density at radius 1 is 0.900 bits per heavy atom. The number of rotatable bonds is 8. The van der Waals surface area contributed by atoms with Crippen LogP contribution in [0, 0.1) is 10.1 Å². The zero-order valence-corrected chi connectivity index (χ0v) is 22.2. The number of nitrogens with zero attached hydrogens (tertiary/aromatic N) is 4. The first-order valence-electron chi connectivity index (χ1n) is 13.8. The molecule has 2 saturated heterocycles. The molecule has 1 unspecified atom stereocenters. The fraction of sp³-hybridized carbons (Fsp3) is 0.323. The van der Waals surface area contributed by atoms with E-state index in [1.165, 1.54) is 30.5 Å². The third-order valence-corrected chi connectivity index (χ3v) is 7.94. The van der Waals surface area contributed by atoms with Gasteiger partial charge in [0.2, 0.25) is 11.8 Å². The monoisotopic (exact) mass is 537 g/mol. The minimum atomic E-state index is -0.801. The van der Waals surface area contributed by atoms with E-state index in [0.717, 1.165) is 43.7 Å². The SMILES string of the molecule is O=C1Nc2ccc([N+](=O)[O-])cc2C1C(=Nc1ccc(CN2CCCC2)cc1)c1ccc(CN2CCCC2=O)cc1. The Kier molecular flexibility index (Phi) is 7.13. The lowest BCUT2D eigenvalue weighted by molar-refractivity contribution is -0.384. The van der Waals surface area contributed by atoms with E-state index in [1.54, 1.807) is 6.07 Å². The lowest BCUT2D eigenvalue weighted by atomic mass is 9.90. The Labute approximate surface area is 232 Å². The summed E-state index contributed by atoms with van der Waals surface area (Å²) in [5.74, 6) is -0.905. The minimum absolute atomic E-state index is 0.0727. The average Bonchev–Trinajstić information content (AvgIpc) is 3.69. The Balaban J connectivity index is 1.35. The second kappa shape index (κ2) is 11.0. The highest BCUT2D eigenvalue weighted by molar-refractivity contribution is 6.24. The number of nitro groups is 1. The predicted octanol–water partition coefficient (Wildman–Crippen LogP) is 5.17. The summed E-state index contributed by atoms with van der Waals surface area (Å²) in [6.07, 6.45) is 3.95. The normalized spacial score (nSPS) is 19.2. The number of nitrogens with one attached hydrogen (secondary N) is 1. The van der Waals surface area contributed by atoms with Gasteiger partial charge in [-0.25, -0.2) is 0 Å². The smallest absolute Gasteiger partial charge is 0.269 e. The Morgan fingerprint density at radius 3 is 2.27 bits per heavy atom. The van der Waals surface area contributed by atoms with E-state index in [-0.39, 0.29) is 17.5 Å². The molecule has 0 aliphatic carbocycles. The van der Waals surface area contributed by atoms with Crippen LogP contribution in [0.4, 0.5) is 17.1 Å². The first-order valence-corrected chi connectivity index (χ1v) is 13.8. The van der Waals surface area contributed by atoms with Gasteiger partial charge < -0.3 is 10.2 Å². The molecule has 6 rings (SSSR count). The maximum Gasteiger partial charge on any atom is 0.269 e. The number of aliphatic imine (C=N–C) groups is 1. The number of fused-ring (bicyclic) bond motifs is 1. The largest absolute Gasteiger partial charge is 0.338 e. The zero-order valence-electron chi connectivity index (χ0n) is 22.2. The number of carbonyl (C=O) groups is 2. The second-order valence-corrected chi connectivity index (χ2v) is 10.7. The van der Waals surface area contributed by atoms with Gasteiger partial charge in [0.1, 0.15) is 5.92 Å². The van der Waals surface area contributed by atoms with Crippen LogP contribution in [0.3, 0.4) is 0 Å². The van der Waals surface area contributed by atoms with Crippen LogP contribution in [0.1, 0.15) is 53.9 Å². The van der Waals surface area contributed by atoms with Crippen molar-refractivity contribution in [3.05, 3.63) is 99.1 Å². The Bertz CT molecular complexity index is 1480. The van der Waals surface area contributed by atoms with Gasteiger partial charge in [0.25, 0.3) is 5.69 Å². The lowest BCUT2D eigenvalue weighted by Gasteiger charge is -2.17. The van der Waals surface area contributed by atoms with Crippen LogP contribution >= 0.6 is 0 Å². The van der Waals surface area contributed by atoms with E-state index in [2.05, 4.69) is 22.3 Å². The maximum atomic E-state index is 13.3. The lowest BCUT2D eigenvalue weighted by Crippen LogP contribution is -2.24. The predicted molar refractivity (Wildman–Crippen MR) is 153 cm³/mol. The number of non-ortho nitro benzene ring substituents is 1. The number of carbonyl (C=O) groups excluding carboxylic acids is 2. The highest BCUT2D eigenvalue weighted by Gasteiger charge is 2.36. The number of hydrogen-bond acceptors (Lipinski definition) is 6. The van der Waals surface area contributed by atoms with Crippen LogP contribution in [0.5, 0.6) is 0 Å². The number of amides is 2. The molecule has 2 amide bonds. The van der Waals surface area contributed by atoms with Gasteiger partial charge in [-0.1, -0.05) is 36.4 Å². The molecule has 9 heteroatoms. The number of nitro benzene ring substituents is 1. The van der Waals surface area contributed by atoms with Crippen molar-refractivity contribution in [1.29, 1.82) is 0 Å². The first kappa shape index (κ1) is 25.9. The van der Waals surface area contributed by atoms with Crippen LogP contribution in [0.15, 0.2) is 71.7 Å². The third kappa shape index (κ3) is 5.37. The zero-order chi connectivity index (χ0) is 27.6. The summed E-state index contributed by atoms with van der Waals surface area (Å²) in [6, 6.07) is 20.2. The van der Waals surface area contributed by atoms with Gasteiger partial charge >= 0.3 is 0 Å². The molecule has 2 fully saturated rings. The molecule has 1 N–H and O–H groups in total. The molecule has 9 nitrogen and oxygen atoms in total. The molecule has 3 heterocycles. The van der Waals surface area contributed by atoms with Crippen molar-refractivity contribution in [2.45, 2.75) is 44.7 Å². The van der Waals surface area contributed by atoms with Gasteiger partial charge in [0.15, 0.2) is 0 Å². The van der Waals surface area contributed by atoms with Gasteiger partial charge in [-0.05, 0) is 67.2 Å². The van der Waals surface area contributed by atoms with Crippen LogP contribution in [-0.4, -0.2) is 51.9 Å². The minimum Gasteiger partial charge on any atom is -0.338 e. The van der Waals surface area contributed by atoms with Gasteiger partial charge in [-0.3, -0.25) is 29.6 Å². The molecule has 3 aromatic carbocycles. The van der Waals surface area contributed by atoms with Crippen LogP contribution < -0.4 is 5.32 Å². The molecular formula is C31H31N5O4. The molecular weight excluding hydrogens is 506 g/mol. The first-order chi connectivity index (χ1) is 19.4. The summed E-state index contributed by atoms with van der Waals surface area (Å²) in [6.45, 7) is 4.45. The van der Waals surface area contributed by atoms with Crippen molar-refractivity contribution >= 4 is 34.6 Å². The van der Waals surface area contributed by atoms with Crippen molar-refractivity contribution in [3.63, 3.8) is 0 Å². The number of anilines is 1. The van der Waals surface area contributed by atoms with E-state index in [4.69, 9.17) is 4.99 Å². The van der Waals surface area contributed by atoms with E-state index in [9.17, 15) is 19.7 Å². The Hall–Kier alpha value is -4.37. The second-order valence-electron chi connectivity index (χ2n) is 10.7. The van der Waals surface area contributed by atoms with Crippen molar-refractivity contribution in [3.8, 4) is 0 Å². The van der Waals surface area contributed by atoms with Gasteiger partial charge in [-0.15, -0.1) is 0 Å². The average molecular weight is 538 g/mol. The summed E-state index contributed by atoms with van der Waals surface area (Å²) in [5.41, 5.74) is 5.20. The summed E-state index contributed by atoms with van der Waals surface area (Å²) in [4.78, 5) is 45.7. The summed E-state index contributed by atoms with van der Waals surface area (Å²) in [7, 11) is 0. The molecule has 40 heavy (non-hydrogen) atoms. The van der Waals surface area contributed by atoms with Crippen molar-refractivity contribution in [2.24, 2.45) is 4.99 Å². The topological polar surface area (TPSA) is 108 Å². The molecule has 1 atom stereocenters. The van der Waals surface area contributed by atoms with Crippen LogP contribution in [0.25, 0.3) is 0 Å². The van der Waals surface area contributed by atoms with Crippen molar-refractivity contribution in [1.82, 2.24) is 9.80 Å². The van der Waals surface area contributed by atoms with Crippen molar-refractivity contribution < 1.29 is 14.5 Å². The van der Waals surface area contributed by atoms with Gasteiger partial charge in [-0.2, -0.15) is 0 Å². The highest BCUT2D eigenvalue weighted by Crippen LogP contribution is 2.38. The number of benzene rings is 3. The van der Waals surface area contributed by atoms with E-state index >= 15 is 0 Å². The summed E-state index contributed by atoms with van der Waals surface area (Å²) >= 11 is 0. The van der Waals surface area contributed by atoms with Crippen LogP contribution in [-0.2, 0) is 22.7 Å². The quantitative estimate of drug-likeness (QED) is 0.242. The maximum absolute atomic E-state index is 13.3. The molecule has 0 radical (unpaired) electrons. The fourth-order valence-electron chi connectivity index (χ4n) is 5.82. The molecule has 0 spiro atoms. The highest BCUT2D eigenvalue weighted by atomic mass is 16.6. The molecule has 0 saturated carbocycles.